The molecule has 11 heavy (non-hydrogen) atoms. The van der Waals surface area contributed by atoms with Gasteiger partial charge in [-0.2, -0.15) is 13.5 Å². The minimum absolute atomic E-state index is 0. The quantitative estimate of drug-likeness (QED) is 0.505. The Labute approximate surface area is 75.6 Å². The molecule has 0 unspecified atom stereocenters. The van der Waals surface area contributed by atoms with E-state index in [2.05, 4.69) is 0 Å². The third-order valence-corrected chi connectivity index (χ3v) is 1.37. The van der Waals surface area contributed by atoms with Gasteiger partial charge in [0, 0.05) is 6.07 Å². The summed E-state index contributed by atoms with van der Waals surface area (Å²) in [7, 11) is 0. The van der Waals surface area contributed by atoms with E-state index >= 15 is 0 Å². The molecule has 1 rings (SSSR count). The largest absolute Gasteiger partial charge is 0.287 e. The van der Waals surface area contributed by atoms with Crippen LogP contribution in [-0.4, -0.2) is 4.92 Å². The first kappa shape index (κ1) is 10.3. The maximum Gasteiger partial charge on any atom is 0.287 e. The molecule has 0 radical (unpaired) electrons. The van der Waals surface area contributed by atoms with E-state index in [0.717, 1.165) is 0 Å². The Morgan fingerprint density at radius 3 is 2.27 bits per heavy atom. The molecule has 0 N–H and O–H groups in total. The molecule has 0 saturated carbocycles. The summed E-state index contributed by atoms with van der Waals surface area (Å²) in [4.78, 5) is 9.63. The van der Waals surface area contributed by atoms with E-state index in [-0.39, 0.29) is 24.2 Å². The summed E-state index contributed by atoms with van der Waals surface area (Å²) >= 11 is 5.48. The van der Waals surface area contributed by atoms with Crippen molar-refractivity contribution in [2.75, 3.05) is 0 Å². The standard InChI is InChI=1S/C6H4ClNO2.H2S/c7-5-3-1-2-4-6(5)8(9)10;/h1-4H;1H2. The molecule has 0 aliphatic carbocycles. The van der Waals surface area contributed by atoms with Gasteiger partial charge in [0.15, 0.2) is 0 Å². The van der Waals surface area contributed by atoms with Gasteiger partial charge in [-0.05, 0) is 6.07 Å². The van der Waals surface area contributed by atoms with E-state index in [9.17, 15) is 10.1 Å². The highest BCUT2D eigenvalue weighted by Crippen LogP contribution is 2.21. The van der Waals surface area contributed by atoms with Crippen molar-refractivity contribution in [3.05, 3.63) is 39.4 Å². The minimum Gasteiger partial charge on any atom is -0.258 e. The fourth-order valence-electron chi connectivity index (χ4n) is 0.600. The summed E-state index contributed by atoms with van der Waals surface area (Å²) in [6, 6.07) is 6.07. The fraction of sp³-hybridized carbons (Fsp3) is 0. The smallest absolute Gasteiger partial charge is 0.258 e. The van der Waals surface area contributed by atoms with Crippen molar-refractivity contribution >= 4 is 30.8 Å². The predicted molar refractivity (Wildman–Crippen MR) is 48.5 cm³/mol. The Morgan fingerprint density at radius 2 is 1.91 bits per heavy atom. The highest BCUT2D eigenvalue weighted by Gasteiger charge is 2.08. The molecule has 1 aromatic rings. The Kier molecular flexibility index (Phi) is 3.92. The van der Waals surface area contributed by atoms with Crippen molar-refractivity contribution in [1.82, 2.24) is 0 Å². The second-order valence-corrected chi connectivity index (χ2v) is 2.12. The number of nitro benzene ring substituents is 1. The molecular weight excluding hydrogens is 186 g/mol. The molecule has 0 aliphatic rings. The first-order chi connectivity index (χ1) is 4.72. The van der Waals surface area contributed by atoms with Crippen molar-refractivity contribution in [1.29, 1.82) is 0 Å². The Morgan fingerprint density at radius 1 is 1.36 bits per heavy atom. The van der Waals surface area contributed by atoms with Crippen molar-refractivity contribution in [2.24, 2.45) is 0 Å². The lowest BCUT2D eigenvalue weighted by Crippen LogP contribution is -1.87. The molecule has 0 fully saturated rings. The molecule has 60 valence electrons. The van der Waals surface area contributed by atoms with E-state index in [1.54, 1.807) is 12.1 Å². The van der Waals surface area contributed by atoms with Crippen molar-refractivity contribution in [2.45, 2.75) is 0 Å². The number of nitro groups is 1. The van der Waals surface area contributed by atoms with Crippen LogP contribution < -0.4 is 0 Å². The van der Waals surface area contributed by atoms with Crippen LogP contribution in [0.5, 0.6) is 0 Å². The van der Waals surface area contributed by atoms with Crippen LogP contribution in [0.2, 0.25) is 5.02 Å². The lowest BCUT2D eigenvalue weighted by atomic mass is 10.3. The molecule has 5 heteroatoms. The second-order valence-electron chi connectivity index (χ2n) is 1.71. The van der Waals surface area contributed by atoms with E-state index in [1.165, 1.54) is 12.1 Å². The molecule has 0 atom stereocenters. The van der Waals surface area contributed by atoms with Gasteiger partial charge in [0.25, 0.3) is 5.69 Å². The van der Waals surface area contributed by atoms with Gasteiger partial charge in [0.1, 0.15) is 5.02 Å². The Bertz CT molecular complexity index is 267. The molecule has 0 heterocycles. The third kappa shape index (κ3) is 2.40. The summed E-state index contributed by atoms with van der Waals surface area (Å²) in [5, 5.41) is 10.3. The number of halogens is 1. The average molecular weight is 192 g/mol. The highest BCUT2D eigenvalue weighted by atomic mass is 35.5. The molecule has 3 nitrogen and oxygen atoms in total. The zero-order valence-corrected chi connectivity index (χ0v) is 7.21. The number of rotatable bonds is 1. The molecule has 0 aromatic heterocycles. The van der Waals surface area contributed by atoms with Crippen molar-refractivity contribution in [3.8, 4) is 0 Å². The van der Waals surface area contributed by atoms with Crippen LogP contribution in [0.1, 0.15) is 0 Å². The first-order valence-corrected chi connectivity index (χ1v) is 2.98. The second kappa shape index (κ2) is 4.20. The summed E-state index contributed by atoms with van der Waals surface area (Å²) in [6.45, 7) is 0. The zero-order valence-electron chi connectivity index (χ0n) is 5.45. The van der Waals surface area contributed by atoms with Gasteiger partial charge in [-0.25, -0.2) is 0 Å². The summed E-state index contributed by atoms with van der Waals surface area (Å²) in [5.74, 6) is 0. The van der Waals surface area contributed by atoms with Crippen LogP contribution in [0.15, 0.2) is 24.3 Å². The van der Waals surface area contributed by atoms with Crippen LogP contribution in [0.25, 0.3) is 0 Å². The number of hydrogen-bond acceptors (Lipinski definition) is 2. The molecular formula is C6H6ClNO2S. The number of hydrogen-bond donors (Lipinski definition) is 0. The van der Waals surface area contributed by atoms with Gasteiger partial charge >= 0.3 is 0 Å². The molecule has 0 spiro atoms. The molecule has 0 saturated heterocycles. The maximum absolute atomic E-state index is 10.1. The van der Waals surface area contributed by atoms with Gasteiger partial charge in [-0.1, -0.05) is 23.7 Å². The van der Waals surface area contributed by atoms with Gasteiger partial charge in [-0.15, -0.1) is 0 Å². The molecule has 0 aliphatic heterocycles. The predicted octanol–water partition coefficient (Wildman–Crippen LogP) is 2.36. The van der Waals surface area contributed by atoms with E-state index < -0.39 is 4.92 Å². The monoisotopic (exact) mass is 191 g/mol. The summed E-state index contributed by atoms with van der Waals surface area (Å²) < 4.78 is 0. The van der Waals surface area contributed by atoms with Gasteiger partial charge in [0.2, 0.25) is 0 Å². The van der Waals surface area contributed by atoms with E-state index in [4.69, 9.17) is 11.6 Å². The molecule has 1 aromatic carbocycles. The van der Waals surface area contributed by atoms with Crippen LogP contribution in [0.3, 0.4) is 0 Å². The Hall–Kier alpha value is -0.740. The minimum atomic E-state index is -0.512. The average Bonchev–Trinajstić information content (AvgIpc) is 1.88. The lowest BCUT2D eigenvalue weighted by Gasteiger charge is -1.90. The normalized spacial score (nSPS) is 8.45. The van der Waals surface area contributed by atoms with Crippen LogP contribution in [0, 0.1) is 10.1 Å². The van der Waals surface area contributed by atoms with Crippen LogP contribution >= 0.6 is 25.1 Å². The topological polar surface area (TPSA) is 43.1 Å². The number of benzene rings is 1. The van der Waals surface area contributed by atoms with E-state index in [0.29, 0.717) is 0 Å². The Balaban J connectivity index is 0.000001000. The zero-order chi connectivity index (χ0) is 7.56. The number of para-hydroxylation sites is 1. The van der Waals surface area contributed by atoms with Gasteiger partial charge in [-0.3, -0.25) is 10.1 Å². The lowest BCUT2D eigenvalue weighted by molar-refractivity contribution is -0.384. The van der Waals surface area contributed by atoms with Gasteiger partial charge in [0.05, 0.1) is 4.92 Å². The number of nitrogens with zero attached hydrogens (tertiary/aromatic N) is 1. The summed E-state index contributed by atoms with van der Waals surface area (Å²) in [5.41, 5.74) is -0.0517. The van der Waals surface area contributed by atoms with Gasteiger partial charge < -0.3 is 0 Å². The molecule has 0 bridgehead atoms. The first-order valence-electron chi connectivity index (χ1n) is 2.61. The highest BCUT2D eigenvalue weighted by molar-refractivity contribution is 7.59. The summed E-state index contributed by atoms with van der Waals surface area (Å²) in [6.07, 6.45) is 0. The fourth-order valence-corrected chi connectivity index (χ4v) is 0.805. The van der Waals surface area contributed by atoms with E-state index in [1.807, 2.05) is 0 Å². The van der Waals surface area contributed by atoms with Crippen LogP contribution in [-0.2, 0) is 0 Å². The molecule has 0 amide bonds. The SMILES string of the molecule is O=[N+]([O-])c1ccccc1Cl.S. The van der Waals surface area contributed by atoms with Crippen molar-refractivity contribution < 1.29 is 4.92 Å². The maximum atomic E-state index is 10.1. The van der Waals surface area contributed by atoms with Crippen molar-refractivity contribution in [3.63, 3.8) is 0 Å². The third-order valence-electron chi connectivity index (χ3n) is 1.05. The van der Waals surface area contributed by atoms with Crippen LogP contribution in [0.4, 0.5) is 5.69 Å².